The Hall–Kier alpha value is -3.25. The summed E-state index contributed by atoms with van der Waals surface area (Å²) in [4.78, 5) is 25.0. The maximum absolute atomic E-state index is 13.3. The minimum absolute atomic E-state index is 0.343. The van der Waals surface area contributed by atoms with Crippen molar-refractivity contribution in [2.24, 2.45) is 0 Å². The van der Waals surface area contributed by atoms with E-state index in [2.05, 4.69) is 17.4 Å². The molecule has 0 saturated heterocycles. The number of thiophene rings is 1. The largest absolute Gasteiger partial charge is 0.465 e. The predicted molar refractivity (Wildman–Crippen MR) is 122 cm³/mol. The van der Waals surface area contributed by atoms with Crippen LogP contribution in [-0.2, 0) is 22.4 Å². The SMILES string of the molecule is COC(=O)c1c(-c2ccc3c(c2)CCCC3)csc1NC(=O)/C=C/c1cccc(F)c1. The second-order valence-electron chi connectivity index (χ2n) is 7.41. The number of carbonyl (C=O) groups excluding carboxylic acids is 2. The first-order valence-corrected chi connectivity index (χ1v) is 11.0. The molecule has 31 heavy (non-hydrogen) atoms. The second kappa shape index (κ2) is 9.27. The third-order valence-electron chi connectivity index (χ3n) is 5.35. The first-order chi connectivity index (χ1) is 15.0. The number of hydrogen-bond donors (Lipinski definition) is 1. The zero-order valence-electron chi connectivity index (χ0n) is 17.1. The Kier molecular flexibility index (Phi) is 6.28. The lowest BCUT2D eigenvalue weighted by Gasteiger charge is -2.16. The van der Waals surface area contributed by atoms with E-state index in [1.165, 1.54) is 66.7 Å². The van der Waals surface area contributed by atoms with Gasteiger partial charge in [0, 0.05) is 17.0 Å². The van der Waals surface area contributed by atoms with E-state index in [1.54, 1.807) is 12.1 Å². The number of anilines is 1. The summed E-state index contributed by atoms with van der Waals surface area (Å²) >= 11 is 1.28. The average molecular weight is 436 g/mol. The Morgan fingerprint density at radius 1 is 1.10 bits per heavy atom. The van der Waals surface area contributed by atoms with Crippen molar-refractivity contribution in [2.45, 2.75) is 25.7 Å². The lowest BCUT2D eigenvalue weighted by molar-refractivity contribution is -0.111. The smallest absolute Gasteiger partial charge is 0.341 e. The van der Waals surface area contributed by atoms with Gasteiger partial charge >= 0.3 is 5.97 Å². The number of hydrogen-bond acceptors (Lipinski definition) is 4. The van der Waals surface area contributed by atoms with Crippen LogP contribution < -0.4 is 5.32 Å². The monoisotopic (exact) mass is 435 g/mol. The third-order valence-corrected chi connectivity index (χ3v) is 6.25. The van der Waals surface area contributed by atoms with Crippen LogP contribution >= 0.6 is 11.3 Å². The van der Waals surface area contributed by atoms with Gasteiger partial charge in [-0.15, -0.1) is 11.3 Å². The first kappa shape index (κ1) is 21.0. The lowest BCUT2D eigenvalue weighted by atomic mass is 9.89. The van der Waals surface area contributed by atoms with Crippen LogP contribution in [-0.4, -0.2) is 19.0 Å². The van der Waals surface area contributed by atoms with E-state index >= 15 is 0 Å². The fourth-order valence-corrected chi connectivity index (χ4v) is 4.76. The molecule has 0 unspecified atom stereocenters. The lowest BCUT2D eigenvalue weighted by Crippen LogP contribution is -2.11. The second-order valence-corrected chi connectivity index (χ2v) is 8.29. The van der Waals surface area contributed by atoms with Gasteiger partial charge in [-0.2, -0.15) is 0 Å². The van der Waals surface area contributed by atoms with E-state index in [4.69, 9.17) is 4.74 Å². The molecule has 4 nitrogen and oxygen atoms in total. The topological polar surface area (TPSA) is 55.4 Å². The number of halogens is 1. The van der Waals surface area contributed by atoms with Gasteiger partial charge in [0.25, 0.3) is 0 Å². The molecule has 1 heterocycles. The van der Waals surface area contributed by atoms with E-state index in [0.717, 1.165) is 24.0 Å². The van der Waals surface area contributed by atoms with Gasteiger partial charge in [0.1, 0.15) is 16.4 Å². The Bertz CT molecular complexity index is 1170. The molecule has 1 aliphatic carbocycles. The van der Waals surface area contributed by atoms with Gasteiger partial charge in [-0.05, 0) is 66.1 Å². The number of esters is 1. The average Bonchev–Trinajstić information content (AvgIpc) is 3.20. The summed E-state index contributed by atoms with van der Waals surface area (Å²) in [5.41, 5.74) is 5.28. The Morgan fingerprint density at radius 2 is 1.90 bits per heavy atom. The van der Waals surface area contributed by atoms with Crippen molar-refractivity contribution >= 4 is 34.3 Å². The molecule has 158 valence electrons. The fraction of sp³-hybridized carbons (Fsp3) is 0.200. The van der Waals surface area contributed by atoms with Crippen LogP contribution in [0.2, 0.25) is 0 Å². The highest BCUT2D eigenvalue weighted by atomic mass is 32.1. The van der Waals surface area contributed by atoms with Crippen LogP contribution in [0.15, 0.2) is 53.9 Å². The zero-order chi connectivity index (χ0) is 21.8. The zero-order valence-corrected chi connectivity index (χ0v) is 17.9. The number of rotatable bonds is 5. The molecule has 0 atom stereocenters. The molecule has 4 rings (SSSR count). The number of fused-ring (bicyclic) bond motifs is 1. The van der Waals surface area contributed by atoms with E-state index in [-0.39, 0.29) is 5.82 Å². The Balaban J connectivity index is 1.61. The highest BCUT2D eigenvalue weighted by molar-refractivity contribution is 7.15. The number of carbonyl (C=O) groups is 2. The van der Waals surface area contributed by atoms with Crippen molar-refractivity contribution in [3.05, 3.63) is 82.0 Å². The molecule has 0 spiro atoms. The van der Waals surface area contributed by atoms with Gasteiger partial charge in [-0.3, -0.25) is 4.79 Å². The molecule has 1 N–H and O–H groups in total. The Labute approximate surface area is 184 Å². The van der Waals surface area contributed by atoms with E-state index in [9.17, 15) is 14.0 Å². The van der Waals surface area contributed by atoms with Crippen LogP contribution in [0.5, 0.6) is 0 Å². The fourth-order valence-electron chi connectivity index (χ4n) is 3.80. The summed E-state index contributed by atoms with van der Waals surface area (Å²) in [7, 11) is 1.33. The molecule has 2 aromatic carbocycles. The maximum Gasteiger partial charge on any atom is 0.341 e. The number of ether oxygens (including phenoxy) is 1. The molecule has 0 fully saturated rings. The molecule has 1 aliphatic rings. The number of aryl methyl sites for hydroxylation is 2. The summed E-state index contributed by atoms with van der Waals surface area (Å²) in [6.07, 6.45) is 7.33. The molecule has 0 saturated carbocycles. The van der Waals surface area contributed by atoms with Crippen molar-refractivity contribution in [2.75, 3.05) is 12.4 Å². The number of nitrogens with one attached hydrogen (secondary N) is 1. The summed E-state index contributed by atoms with van der Waals surface area (Å²) in [5, 5.41) is 5.05. The van der Waals surface area contributed by atoms with Crippen molar-refractivity contribution in [1.29, 1.82) is 0 Å². The molecule has 0 bridgehead atoms. The molecule has 0 radical (unpaired) electrons. The van der Waals surface area contributed by atoms with Crippen LogP contribution in [0.3, 0.4) is 0 Å². The Morgan fingerprint density at radius 3 is 2.68 bits per heavy atom. The first-order valence-electron chi connectivity index (χ1n) is 10.1. The molecule has 1 aromatic heterocycles. The highest BCUT2D eigenvalue weighted by Gasteiger charge is 2.22. The maximum atomic E-state index is 13.3. The van der Waals surface area contributed by atoms with E-state index in [0.29, 0.717) is 16.1 Å². The number of methoxy groups -OCH3 is 1. The van der Waals surface area contributed by atoms with Gasteiger partial charge in [0.15, 0.2) is 0 Å². The molecule has 1 amide bonds. The minimum atomic E-state index is -0.501. The van der Waals surface area contributed by atoms with E-state index < -0.39 is 11.9 Å². The minimum Gasteiger partial charge on any atom is -0.465 e. The highest BCUT2D eigenvalue weighted by Crippen LogP contribution is 2.37. The third kappa shape index (κ3) is 4.75. The summed E-state index contributed by atoms with van der Waals surface area (Å²) in [6, 6.07) is 12.2. The quantitative estimate of drug-likeness (QED) is 0.403. The van der Waals surface area contributed by atoms with Crippen molar-refractivity contribution < 1.29 is 18.7 Å². The van der Waals surface area contributed by atoms with E-state index in [1.807, 2.05) is 11.4 Å². The van der Waals surface area contributed by atoms with Crippen molar-refractivity contribution in [1.82, 2.24) is 0 Å². The molecular weight excluding hydrogens is 413 g/mol. The van der Waals surface area contributed by atoms with Gasteiger partial charge in [0.05, 0.1) is 7.11 Å². The van der Waals surface area contributed by atoms with Crippen LogP contribution in [0.4, 0.5) is 9.39 Å². The van der Waals surface area contributed by atoms with Gasteiger partial charge in [-0.25, -0.2) is 9.18 Å². The van der Waals surface area contributed by atoms with Gasteiger partial charge < -0.3 is 10.1 Å². The molecule has 0 aliphatic heterocycles. The van der Waals surface area contributed by atoms with Gasteiger partial charge in [-0.1, -0.05) is 30.3 Å². The van der Waals surface area contributed by atoms with Crippen molar-refractivity contribution in [3.63, 3.8) is 0 Å². The summed E-state index contributed by atoms with van der Waals surface area (Å²) in [6.45, 7) is 0. The molecule has 3 aromatic rings. The molecular formula is C25H22FNO3S. The molecule has 6 heteroatoms. The standard InChI is InChI=1S/C25H22FNO3S/c1-30-25(29)23-21(19-11-10-17-6-2-3-7-18(17)14-19)15-31-24(23)27-22(28)12-9-16-5-4-8-20(26)13-16/h4-5,8-15H,2-3,6-7H2,1H3,(H,27,28)/b12-9+. The van der Waals surface area contributed by atoms with Crippen LogP contribution in [0.1, 0.15) is 39.9 Å². The van der Waals surface area contributed by atoms with Crippen LogP contribution in [0.25, 0.3) is 17.2 Å². The number of benzene rings is 2. The summed E-state index contributed by atoms with van der Waals surface area (Å²) < 4.78 is 18.3. The normalized spacial score (nSPS) is 13.1. The number of amides is 1. The van der Waals surface area contributed by atoms with Crippen molar-refractivity contribution in [3.8, 4) is 11.1 Å². The predicted octanol–water partition coefficient (Wildman–Crippen LogP) is 5.87. The summed E-state index contributed by atoms with van der Waals surface area (Å²) in [5.74, 6) is -1.28. The van der Waals surface area contributed by atoms with Gasteiger partial charge in [0.2, 0.25) is 5.91 Å². The van der Waals surface area contributed by atoms with Crippen LogP contribution in [0, 0.1) is 5.82 Å².